The predicted octanol–water partition coefficient (Wildman–Crippen LogP) is 1.47. The van der Waals surface area contributed by atoms with E-state index in [2.05, 4.69) is 17.2 Å². The number of hydrogen-bond acceptors (Lipinski definition) is 3. The van der Waals surface area contributed by atoms with Crippen LogP contribution in [0, 0.1) is 0 Å². The Kier molecular flexibility index (Phi) is 4.20. The maximum atomic E-state index is 11.1. The van der Waals surface area contributed by atoms with Gasteiger partial charge in [-0.3, -0.25) is 9.59 Å². The van der Waals surface area contributed by atoms with Crippen LogP contribution in [-0.4, -0.2) is 22.9 Å². The monoisotopic (exact) mass is 248 g/mol. The van der Waals surface area contributed by atoms with Crippen LogP contribution in [0.1, 0.15) is 17.3 Å². The number of carbonyl (C=O) groups excluding carboxylic acids is 2. The SMILES string of the molecule is C=CC(=O)Nc1ccc(NC(C)=O)cc1C(=O)O. The van der Waals surface area contributed by atoms with E-state index >= 15 is 0 Å². The first-order valence-electron chi connectivity index (χ1n) is 5.02. The molecule has 1 aromatic rings. The van der Waals surface area contributed by atoms with Gasteiger partial charge in [0.05, 0.1) is 11.3 Å². The minimum absolute atomic E-state index is 0.114. The molecule has 3 N–H and O–H groups in total. The van der Waals surface area contributed by atoms with Gasteiger partial charge < -0.3 is 15.7 Å². The van der Waals surface area contributed by atoms with Gasteiger partial charge in [-0.1, -0.05) is 6.58 Å². The zero-order valence-corrected chi connectivity index (χ0v) is 9.69. The maximum Gasteiger partial charge on any atom is 0.337 e. The molecule has 0 radical (unpaired) electrons. The van der Waals surface area contributed by atoms with Crippen LogP contribution in [-0.2, 0) is 9.59 Å². The maximum absolute atomic E-state index is 11.1. The van der Waals surface area contributed by atoms with Crippen molar-refractivity contribution >= 4 is 29.2 Å². The average molecular weight is 248 g/mol. The highest BCUT2D eigenvalue weighted by molar-refractivity contribution is 6.05. The second kappa shape index (κ2) is 5.62. The van der Waals surface area contributed by atoms with Crippen molar-refractivity contribution in [2.24, 2.45) is 0 Å². The van der Waals surface area contributed by atoms with Crippen molar-refractivity contribution in [1.29, 1.82) is 0 Å². The van der Waals surface area contributed by atoms with Crippen LogP contribution in [0.15, 0.2) is 30.9 Å². The molecule has 0 bridgehead atoms. The summed E-state index contributed by atoms with van der Waals surface area (Å²) in [4.78, 5) is 33.0. The first kappa shape index (κ1) is 13.4. The molecule has 0 aliphatic heterocycles. The molecule has 1 rings (SSSR count). The van der Waals surface area contributed by atoms with E-state index < -0.39 is 11.9 Å². The quantitative estimate of drug-likeness (QED) is 0.703. The van der Waals surface area contributed by atoms with E-state index in [1.165, 1.54) is 25.1 Å². The number of aromatic carboxylic acids is 1. The number of rotatable bonds is 4. The molecule has 0 aliphatic carbocycles. The van der Waals surface area contributed by atoms with E-state index in [0.717, 1.165) is 6.08 Å². The van der Waals surface area contributed by atoms with Crippen LogP contribution in [0.4, 0.5) is 11.4 Å². The second-order valence-electron chi connectivity index (χ2n) is 3.44. The van der Waals surface area contributed by atoms with Gasteiger partial charge in [0, 0.05) is 12.6 Å². The molecule has 2 amide bonds. The summed E-state index contributed by atoms with van der Waals surface area (Å²) in [6, 6.07) is 4.16. The van der Waals surface area contributed by atoms with Gasteiger partial charge in [-0.2, -0.15) is 0 Å². The number of nitrogens with one attached hydrogen (secondary N) is 2. The average Bonchev–Trinajstić information content (AvgIpc) is 2.29. The first-order valence-corrected chi connectivity index (χ1v) is 5.02. The van der Waals surface area contributed by atoms with E-state index in [4.69, 9.17) is 5.11 Å². The number of carbonyl (C=O) groups is 3. The van der Waals surface area contributed by atoms with Crippen molar-refractivity contribution in [2.75, 3.05) is 10.6 Å². The van der Waals surface area contributed by atoms with Gasteiger partial charge in [-0.25, -0.2) is 4.79 Å². The smallest absolute Gasteiger partial charge is 0.337 e. The number of hydrogen-bond donors (Lipinski definition) is 3. The largest absolute Gasteiger partial charge is 0.478 e. The van der Waals surface area contributed by atoms with Crippen molar-refractivity contribution in [3.8, 4) is 0 Å². The van der Waals surface area contributed by atoms with Crippen LogP contribution in [0.5, 0.6) is 0 Å². The lowest BCUT2D eigenvalue weighted by atomic mass is 10.1. The molecule has 0 spiro atoms. The van der Waals surface area contributed by atoms with Crippen LogP contribution >= 0.6 is 0 Å². The van der Waals surface area contributed by atoms with Gasteiger partial charge in [0.2, 0.25) is 11.8 Å². The summed E-state index contributed by atoms with van der Waals surface area (Å²) in [5.74, 6) is -2.03. The summed E-state index contributed by atoms with van der Waals surface area (Å²) in [5, 5.41) is 13.9. The summed E-state index contributed by atoms with van der Waals surface area (Å²) < 4.78 is 0. The van der Waals surface area contributed by atoms with E-state index in [9.17, 15) is 14.4 Å². The molecule has 0 atom stereocenters. The molecule has 18 heavy (non-hydrogen) atoms. The third-order valence-electron chi connectivity index (χ3n) is 2.01. The van der Waals surface area contributed by atoms with E-state index in [-0.39, 0.29) is 17.2 Å². The molecule has 0 heterocycles. The molecule has 0 aromatic heterocycles. The molecule has 0 unspecified atom stereocenters. The van der Waals surface area contributed by atoms with Gasteiger partial charge in [0.25, 0.3) is 0 Å². The Morgan fingerprint density at radius 1 is 1.28 bits per heavy atom. The van der Waals surface area contributed by atoms with Crippen LogP contribution < -0.4 is 10.6 Å². The lowest BCUT2D eigenvalue weighted by molar-refractivity contribution is -0.114. The molecule has 6 nitrogen and oxygen atoms in total. The number of benzene rings is 1. The third kappa shape index (κ3) is 3.44. The summed E-state index contributed by atoms with van der Waals surface area (Å²) in [6.45, 7) is 4.59. The standard InChI is InChI=1S/C12H12N2O4/c1-3-11(16)14-10-5-4-8(13-7(2)15)6-9(10)12(17)18/h3-6H,1H2,2H3,(H,13,15)(H,14,16)(H,17,18). The minimum Gasteiger partial charge on any atom is -0.478 e. The number of amides is 2. The molecular weight excluding hydrogens is 236 g/mol. The zero-order valence-electron chi connectivity index (χ0n) is 9.69. The first-order chi connectivity index (χ1) is 8.43. The number of anilines is 2. The highest BCUT2D eigenvalue weighted by Gasteiger charge is 2.12. The molecule has 94 valence electrons. The third-order valence-corrected chi connectivity index (χ3v) is 2.01. The lowest BCUT2D eigenvalue weighted by Crippen LogP contribution is -2.13. The predicted molar refractivity (Wildman–Crippen MR) is 66.5 cm³/mol. The Bertz CT molecular complexity index is 523. The summed E-state index contributed by atoms with van der Waals surface area (Å²) >= 11 is 0. The fourth-order valence-corrected chi connectivity index (χ4v) is 1.29. The van der Waals surface area contributed by atoms with Crippen molar-refractivity contribution < 1.29 is 19.5 Å². The molecule has 0 saturated heterocycles. The number of carboxylic acids is 1. The van der Waals surface area contributed by atoms with E-state index in [0.29, 0.717) is 5.69 Å². The van der Waals surface area contributed by atoms with Gasteiger partial charge in [0.15, 0.2) is 0 Å². The summed E-state index contributed by atoms with van der Waals surface area (Å²) in [6.07, 6.45) is 1.04. The Balaban J connectivity index is 3.11. The van der Waals surface area contributed by atoms with Crippen molar-refractivity contribution in [2.45, 2.75) is 6.92 Å². The van der Waals surface area contributed by atoms with E-state index in [1.54, 1.807) is 0 Å². The fraction of sp³-hybridized carbons (Fsp3) is 0.0833. The van der Waals surface area contributed by atoms with E-state index in [1.807, 2.05) is 0 Å². The summed E-state index contributed by atoms with van der Waals surface area (Å²) in [7, 11) is 0. The van der Waals surface area contributed by atoms with Crippen LogP contribution in [0.2, 0.25) is 0 Å². The topological polar surface area (TPSA) is 95.5 Å². The van der Waals surface area contributed by atoms with Crippen LogP contribution in [0.3, 0.4) is 0 Å². The molecule has 0 aliphatic rings. The Morgan fingerprint density at radius 2 is 1.94 bits per heavy atom. The fourth-order valence-electron chi connectivity index (χ4n) is 1.29. The van der Waals surface area contributed by atoms with Crippen molar-refractivity contribution in [1.82, 2.24) is 0 Å². The normalized spacial score (nSPS) is 9.39. The molecular formula is C12H12N2O4. The van der Waals surface area contributed by atoms with Crippen molar-refractivity contribution in [3.05, 3.63) is 36.4 Å². The molecule has 6 heteroatoms. The molecule has 0 fully saturated rings. The molecule has 1 aromatic carbocycles. The van der Waals surface area contributed by atoms with Crippen LogP contribution in [0.25, 0.3) is 0 Å². The number of carboxylic acid groups (broad SMARTS) is 1. The van der Waals surface area contributed by atoms with Gasteiger partial charge in [-0.05, 0) is 24.3 Å². The Morgan fingerprint density at radius 3 is 2.44 bits per heavy atom. The lowest BCUT2D eigenvalue weighted by Gasteiger charge is -2.09. The highest BCUT2D eigenvalue weighted by Crippen LogP contribution is 2.20. The van der Waals surface area contributed by atoms with Gasteiger partial charge in [-0.15, -0.1) is 0 Å². The minimum atomic E-state index is -1.21. The van der Waals surface area contributed by atoms with Gasteiger partial charge >= 0.3 is 5.97 Å². The van der Waals surface area contributed by atoms with Crippen molar-refractivity contribution in [3.63, 3.8) is 0 Å². The summed E-state index contributed by atoms with van der Waals surface area (Å²) in [5.41, 5.74) is 0.370. The molecule has 0 saturated carbocycles. The highest BCUT2D eigenvalue weighted by atomic mass is 16.4. The zero-order chi connectivity index (χ0) is 13.7. The second-order valence-corrected chi connectivity index (χ2v) is 3.44. The Hall–Kier alpha value is -2.63. The van der Waals surface area contributed by atoms with Gasteiger partial charge in [0.1, 0.15) is 0 Å². The Labute approximate surface area is 103 Å².